The summed E-state index contributed by atoms with van der Waals surface area (Å²) < 4.78 is 14.8. The van der Waals surface area contributed by atoms with Crippen LogP contribution in [0.4, 0.5) is 0 Å². The van der Waals surface area contributed by atoms with Gasteiger partial charge >= 0.3 is 5.97 Å². The van der Waals surface area contributed by atoms with Crippen LogP contribution in [0.3, 0.4) is 0 Å². The second-order valence-corrected chi connectivity index (χ2v) is 3.08. The van der Waals surface area contributed by atoms with Gasteiger partial charge in [-0.05, 0) is 13.8 Å². The molecule has 4 heteroatoms. The van der Waals surface area contributed by atoms with E-state index in [1.165, 1.54) is 7.11 Å². The number of epoxide rings is 1. The molecule has 0 aliphatic carbocycles. The number of carbonyl (C=O) groups excluding carboxylic acids is 1. The molecule has 1 rings (SSSR count). The normalized spacial score (nSPS) is 35.8. The summed E-state index contributed by atoms with van der Waals surface area (Å²) in [4.78, 5) is 11.0. The Hall–Kier alpha value is -0.610. The molecular weight excluding hydrogens is 160 g/mol. The van der Waals surface area contributed by atoms with Gasteiger partial charge in [-0.15, -0.1) is 0 Å². The van der Waals surface area contributed by atoms with Crippen molar-refractivity contribution in [2.45, 2.75) is 31.7 Å². The molecule has 1 aliphatic heterocycles. The van der Waals surface area contributed by atoms with E-state index in [1.54, 1.807) is 7.11 Å². The van der Waals surface area contributed by atoms with Crippen LogP contribution in [0.2, 0.25) is 0 Å². The lowest BCUT2D eigenvalue weighted by Crippen LogP contribution is -2.31. The smallest absolute Gasteiger partial charge is 0.338 e. The fourth-order valence-electron chi connectivity index (χ4n) is 1.15. The van der Waals surface area contributed by atoms with Crippen LogP contribution in [-0.4, -0.2) is 38.0 Å². The van der Waals surface area contributed by atoms with Crippen molar-refractivity contribution in [3.63, 3.8) is 0 Å². The van der Waals surface area contributed by atoms with Gasteiger partial charge in [0.1, 0.15) is 5.60 Å². The minimum absolute atomic E-state index is 0.0957. The van der Waals surface area contributed by atoms with Gasteiger partial charge in [-0.1, -0.05) is 0 Å². The molecular formula is C8H14O4. The molecule has 0 aromatic carbocycles. The van der Waals surface area contributed by atoms with Gasteiger partial charge in [0.25, 0.3) is 0 Å². The first-order valence-electron chi connectivity index (χ1n) is 3.84. The fourth-order valence-corrected chi connectivity index (χ4v) is 1.15. The first-order chi connectivity index (χ1) is 5.56. The molecule has 1 saturated heterocycles. The standard InChI is InChI=1S/C8H14O4/c1-5(10-3)8(2)6(12-8)7(9)11-4/h5-6H,1-4H3. The quantitative estimate of drug-likeness (QED) is 0.457. The predicted molar refractivity (Wildman–Crippen MR) is 41.8 cm³/mol. The Bertz CT molecular complexity index is 191. The number of hydrogen-bond acceptors (Lipinski definition) is 4. The van der Waals surface area contributed by atoms with Gasteiger partial charge in [-0.25, -0.2) is 4.79 Å². The van der Waals surface area contributed by atoms with Crippen molar-refractivity contribution in [2.75, 3.05) is 14.2 Å². The van der Waals surface area contributed by atoms with Gasteiger partial charge in [-0.2, -0.15) is 0 Å². The minimum Gasteiger partial charge on any atom is -0.467 e. The summed E-state index contributed by atoms with van der Waals surface area (Å²) in [5.74, 6) is -0.332. The molecule has 0 saturated carbocycles. The molecule has 1 aliphatic rings. The van der Waals surface area contributed by atoms with Crippen LogP contribution in [0.25, 0.3) is 0 Å². The SMILES string of the molecule is COC(=O)C1OC1(C)C(C)OC. The monoisotopic (exact) mass is 174 g/mol. The summed E-state index contributed by atoms with van der Waals surface area (Å²) in [5, 5.41) is 0. The van der Waals surface area contributed by atoms with Crippen molar-refractivity contribution in [1.29, 1.82) is 0 Å². The summed E-state index contributed by atoms with van der Waals surface area (Å²) in [5.41, 5.74) is -0.498. The van der Waals surface area contributed by atoms with Crippen LogP contribution in [0.15, 0.2) is 0 Å². The van der Waals surface area contributed by atoms with Gasteiger partial charge in [0.05, 0.1) is 13.2 Å². The molecule has 0 aromatic heterocycles. The van der Waals surface area contributed by atoms with Gasteiger partial charge < -0.3 is 14.2 Å². The lowest BCUT2D eigenvalue weighted by molar-refractivity contribution is -0.142. The highest BCUT2D eigenvalue weighted by Gasteiger charge is 2.61. The molecule has 1 heterocycles. The molecule has 3 atom stereocenters. The largest absolute Gasteiger partial charge is 0.467 e. The lowest BCUT2D eigenvalue weighted by atomic mass is 10.0. The Kier molecular flexibility index (Phi) is 2.39. The minimum atomic E-state index is -0.498. The van der Waals surface area contributed by atoms with Gasteiger partial charge in [0.15, 0.2) is 6.10 Å². The van der Waals surface area contributed by atoms with E-state index in [4.69, 9.17) is 9.47 Å². The third-order valence-electron chi connectivity index (χ3n) is 2.41. The van der Waals surface area contributed by atoms with E-state index in [9.17, 15) is 4.79 Å². The Morgan fingerprint density at radius 3 is 2.58 bits per heavy atom. The molecule has 0 amide bonds. The van der Waals surface area contributed by atoms with E-state index in [1.807, 2.05) is 13.8 Å². The van der Waals surface area contributed by atoms with Gasteiger partial charge in [-0.3, -0.25) is 0 Å². The average molecular weight is 174 g/mol. The highest BCUT2D eigenvalue weighted by molar-refractivity contribution is 5.79. The zero-order chi connectivity index (χ0) is 9.35. The van der Waals surface area contributed by atoms with E-state index in [2.05, 4.69) is 4.74 Å². The van der Waals surface area contributed by atoms with E-state index in [-0.39, 0.29) is 12.1 Å². The zero-order valence-electron chi connectivity index (χ0n) is 7.79. The third-order valence-corrected chi connectivity index (χ3v) is 2.41. The molecule has 4 nitrogen and oxygen atoms in total. The second-order valence-electron chi connectivity index (χ2n) is 3.08. The van der Waals surface area contributed by atoms with Crippen LogP contribution in [0, 0.1) is 0 Å². The van der Waals surface area contributed by atoms with Crippen LogP contribution in [0.1, 0.15) is 13.8 Å². The summed E-state index contributed by atoms with van der Waals surface area (Å²) in [7, 11) is 2.94. The number of methoxy groups -OCH3 is 2. The third kappa shape index (κ3) is 1.32. The van der Waals surface area contributed by atoms with Crippen molar-refractivity contribution in [1.82, 2.24) is 0 Å². The summed E-state index contributed by atoms with van der Waals surface area (Å²) in [6.07, 6.45) is -0.556. The van der Waals surface area contributed by atoms with E-state index in [0.717, 1.165) is 0 Å². The molecule has 0 bridgehead atoms. The van der Waals surface area contributed by atoms with E-state index in [0.29, 0.717) is 0 Å². The fraction of sp³-hybridized carbons (Fsp3) is 0.875. The number of rotatable bonds is 3. The molecule has 12 heavy (non-hydrogen) atoms. The first kappa shape index (κ1) is 9.48. The van der Waals surface area contributed by atoms with Gasteiger partial charge in [0, 0.05) is 7.11 Å². The Morgan fingerprint density at radius 2 is 2.17 bits per heavy atom. The number of hydrogen-bond donors (Lipinski definition) is 0. The van der Waals surface area contributed by atoms with Gasteiger partial charge in [0.2, 0.25) is 0 Å². The topological polar surface area (TPSA) is 48.1 Å². The maximum absolute atomic E-state index is 11.0. The average Bonchev–Trinajstić information content (AvgIpc) is 2.76. The Morgan fingerprint density at radius 1 is 1.58 bits per heavy atom. The van der Waals surface area contributed by atoms with Crippen LogP contribution in [0.5, 0.6) is 0 Å². The van der Waals surface area contributed by atoms with Crippen LogP contribution < -0.4 is 0 Å². The van der Waals surface area contributed by atoms with Crippen molar-refractivity contribution >= 4 is 5.97 Å². The summed E-state index contributed by atoms with van der Waals surface area (Å²) in [6.45, 7) is 3.70. The molecule has 1 fully saturated rings. The molecule has 0 aromatic rings. The predicted octanol–water partition coefficient (Wildman–Crippen LogP) is 0.352. The maximum Gasteiger partial charge on any atom is 0.338 e. The van der Waals surface area contributed by atoms with Crippen molar-refractivity contribution in [3.05, 3.63) is 0 Å². The number of ether oxygens (including phenoxy) is 3. The van der Waals surface area contributed by atoms with Crippen molar-refractivity contribution in [2.24, 2.45) is 0 Å². The van der Waals surface area contributed by atoms with Crippen LogP contribution >= 0.6 is 0 Å². The highest BCUT2D eigenvalue weighted by atomic mass is 16.7. The summed E-state index contributed by atoms with van der Waals surface area (Å²) in [6, 6.07) is 0. The highest BCUT2D eigenvalue weighted by Crippen LogP contribution is 2.40. The molecule has 0 radical (unpaired) electrons. The second kappa shape index (κ2) is 3.03. The molecule has 3 unspecified atom stereocenters. The maximum atomic E-state index is 11.0. The van der Waals surface area contributed by atoms with E-state index < -0.39 is 11.7 Å². The van der Waals surface area contributed by atoms with Crippen LogP contribution in [-0.2, 0) is 19.0 Å². The lowest BCUT2D eigenvalue weighted by Gasteiger charge is -2.13. The first-order valence-corrected chi connectivity index (χ1v) is 3.84. The van der Waals surface area contributed by atoms with Crippen molar-refractivity contribution in [3.8, 4) is 0 Å². The molecule has 0 spiro atoms. The van der Waals surface area contributed by atoms with Crippen molar-refractivity contribution < 1.29 is 19.0 Å². The Balaban J connectivity index is 2.53. The molecule has 0 N–H and O–H groups in total. The Labute approximate surface area is 71.8 Å². The van der Waals surface area contributed by atoms with E-state index >= 15 is 0 Å². The summed E-state index contributed by atoms with van der Waals surface area (Å²) >= 11 is 0. The number of esters is 1. The zero-order valence-corrected chi connectivity index (χ0v) is 7.79. The molecule has 70 valence electrons. The number of carbonyl (C=O) groups is 1.